The Balaban J connectivity index is 1.76. The molecule has 27 heavy (non-hydrogen) atoms. The van der Waals surface area contributed by atoms with E-state index in [4.69, 9.17) is 9.84 Å². The van der Waals surface area contributed by atoms with Gasteiger partial charge in [-0.05, 0) is 35.6 Å². The average Bonchev–Trinajstić information content (AvgIpc) is 3.03. The van der Waals surface area contributed by atoms with Crippen molar-refractivity contribution in [2.24, 2.45) is 0 Å². The van der Waals surface area contributed by atoms with E-state index in [-0.39, 0.29) is 12.3 Å². The molecule has 0 aliphatic heterocycles. The van der Waals surface area contributed by atoms with Crippen LogP contribution in [-0.4, -0.2) is 23.6 Å². The van der Waals surface area contributed by atoms with E-state index in [0.717, 1.165) is 35.1 Å². The van der Waals surface area contributed by atoms with Gasteiger partial charge in [0.25, 0.3) is 0 Å². The third-order valence-corrected chi connectivity index (χ3v) is 4.69. The molecule has 3 rings (SSSR count). The lowest BCUT2D eigenvalue weighted by Gasteiger charge is -2.13. The summed E-state index contributed by atoms with van der Waals surface area (Å²) in [4.78, 5) is 23.4. The highest BCUT2D eigenvalue weighted by Gasteiger charge is 2.26. The molecule has 0 atom stereocenters. The van der Waals surface area contributed by atoms with Crippen LogP contribution in [0.2, 0.25) is 0 Å². The summed E-state index contributed by atoms with van der Waals surface area (Å²) in [5.74, 6) is -0.544. The quantitative estimate of drug-likeness (QED) is 0.750. The van der Waals surface area contributed by atoms with E-state index in [1.54, 1.807) is 6.07 Å². The molecule has 0 aromatic heterocycles. The van der Waals surface area contributed by atoms with E-state index in [0.29, 0.717) is 12.3 Å². The zero-order valence-corrected chi connectivity index (χ0v) is 15.3. The second kappa shape index (κ2) is 8.54. The Morgan fingerprint density at radius 1 is 1.11 bits per heavy atom. The van der Waals surface area contributed by atoms with Crippen molar-refractivity contribution < 1.29 is 19.4 Å². The van der Waals surface area contributed by atoms with Gasteiger partial charge in [-0.1, -0.05) is 55.0 Å². The van der Waals surface area contributed by atoms with Crippen molar-refractivity contribution in [2.45, 2.75) is 32.7 Å². The Morgan fingerprint density at radius 2 is 1.89 bits per heavy atom. The molecule has 0 unspecified atom stereocenters. The van der Waals surface area contributed by atoms with E-state index in [2.05, 4.69) is 12.2 Å². The molecule has 0 heterocycles. The first kappa shape index (κ1) is 18.7. The third kappa shape index (κ3) is 4.56. The number of ether oxygens (including phenoxy) is 1. The minimum absolute atomic E-state index is 0.0549. The Hall–Kier alpha value is -3.08. The van der Waals surface area contributed by atoms with E-state index >= 15 is 0 Å². The predicted molar refractivity (Wildman–Crippen MR) is 103 cm³/mol. The van der Waals surface area contributed by atoms with Crippen molar-refractivity contribution >= 4 is 17.4 Å². The fourth-order valence-corrected chi connectivity index (χ4v) is 3.41. The molecule has 0 fully saturated rings. The lowest BCUT2D eigenvalue weighted by molar-refractivity contribution is -0.139. The number of aliphatic carboxylic acids is 1. The van der Waals surface area contributed by atoms with Crippen LogP contribution in [0.4, 0.5) is 0 Å². The van der Waals surface area contributed by atoms with Gasteiger partial charge in [-0.25, -0.2) is 4.79 Å². The van der Waals surface area contributed by atoms with Crippen molar-refractivity contribution in [2.75, 3.05) is 6.61 Å². The summed E-state index contributed by atoms with van der Waals surface area (Å²) in [6, 6.07) is 15.4. The van der Waals surface area contributed by atoms with Gasteiger partial charge in [-0.3, -0.25) is 4.79 Å². The summed E-state index contributed by atoms with van der Waals surface area (Å²) in [5, 5.41) is 11.9. The molecule has 1 aliphatic rings. The van der Waals surface area contributed by atoms with Crippen LogP contribution in [0.5, 0.6) is 5.75 Å². The van der Waals surface area contributed by atoms with Crippen molar-refractivity contribution in [1.29, 1.82) is 0 Å². The molecule has 0 radical (unpaired) electrons. The molecule has 1 amide bonds. The topological polar surface area (TPSA) is 75.6 Å². The van der Waals surface area contributed by atoms with Crippen molar-refractivity contribution in [3.05, 3.63) is 70.8 Å². The number of rotatable bonds is 8. The second-order valence-corrected chi connectivity index (χ2v) is 6.52. The normalized spacial score (nSPS) is 12.6. The minimum Gasteiger partial charge on any atom is -0.481 e. The largest absolute Gasteiger partial charge is 0.481 e. The molecular weight excluding hydrogens is 342 g/mol. The molecule has 2 aromatic rings. The zero-order valence-electron chi connectivity index (χ0n) is 15.3. The minimum atomic E-state index is -1.02. The highest BCUT2D eigenvalue weighted by atomic mass is 16.5. The van der Waals surface area contributed by atoms with Gasteiger partial charge < -0.3 is 15.2 Å². The van der Waals surface area contributed by atoms with Gasteiger partial charge in [0.1, 0.15) is 5.75 Å². The number of carboxylic acid groups (broad SMARTS) is 1. The summed E-state index contributed by atoms with van der Waals surface area (Å²) >= 11 is 0. The van der Waals surface area contributed by atoms with Crippen LogP contribution in [0.1, 0.15) is 36.5 Å². The van der Waals surface area contributed by atoms with Gasteiger partial charge in [0, 0.05) is 12.1 Å². The van der Waals surface area contributed by atoms with Crippen LogP contribution in [0.25, 0.3) is 5.57 Å². The van der Waals surface area contributed by atoms with Crippen LogP contribution in [-0.2, 0) is 22.6 Å². The smallest absolute Gasteiger partial charge is 0.341 e. The molecule has 0 bridgehead atoms. The number of allylic oxidation sites excluding steroid dienone is 1. The summed E-state index contributed by atoms with van der Waals surface area (Å²) < 4.78 is 5.48. The number of carbonyl (C=O) groups excluding carboxylic acids is 1. The first-order valence-corrected chi connectivity index (χ1v) is 9.06. The van der Waals surface area contributed by atoms with E-state index < -0.39 is 12.6 Å². The van der Waals surface area contributed by atoms with Gasteiger partial charge in [-0.15, -0.1) is 0 Å². The second-order valence-electron chi connectivity index (χ2n) is 6.52. The molecule has 5 nitrogen and oxygen atoms in total. The fourth-order valence-electron chi connectivity index (χ4n) is 3.41. The molecule has 2 N–H and O–H groups in total. The molecule has 140 valence electrons. The van der Waals surface area contributed by atoms with E-state index in [1.165, 1.54) is 5.57 Å². The zero-order chi connectivity index (χ0) is 19.2. The Kier molecular flexibility index (Phi) is 5.91. The van der Waals surface area contributed by atoms with Gasteiger partial charge in [0.2, 0.25) is 5.91 Å². The van der Waals surface area contributed by atoms with Crippen molar-refractivity contribution in [1.82, 2.24) is 5.32 Å². The average molecular weight is 365 g/mol. The monoisotopic (exact) mass is 365 g/mol. The lowest BCUT2D eigenvalue weighted by atomic mass is 10.00. The third-order valence-electron chi connectivity index (χ3n) is 4.69. The standard InChI is InChI=1S/C22H23NO4/c1-2-16-11-17-9-6-10-19(27-14-21(25)26)22(17)18(16)12-20(24)23-13-15-7-4-3-5-8-15/h3-10H,2,11-14H2,1H3,(H,23,24)(H,25,26). The van der Waals surface area contributed by atoms with Crippen molar-refractivity contribution in [3.63, 3.8) is 0 Å². The number of carboxylic acids is 1. The Labute approximate surface area is 158 Å². The van der Waals surface area contributed by atoms with Crippen LogP contribution in [0, 0.1) is 0 Å². The Bertz CT molecular complexity index is 871. The van der Waals surface area contributed by atoms with Crippen LogP contribution >= 0.6 is 0 Å². The summed E-state index contributed by atoms with van der Waals surface area (Å²) in [6.07, 6.45) is 1.88. The van der Waals surface area contributed by atoms with Gasteiger partial charge >= 0.3 is 5.97 Å². The predicted octanol–water partition coefficient (Wildman–Crippen LogP) is 3.58. The highest BCUT2D eigenvalue weighted by Crippen LogP contribution is 2.41. The first-order chi connectivity index (χ1) is 13.1. The van der Waals surface area contributed by atoms with E-state index in [9.17, 15) is 9.59 Å². The fraction of sp³-hybridized carbons (Fsp3) is 0.273. The summed E-state index contributed by atoms with van der Waals surface area (Å²) in [6.45, 7) is 2.16. The van der Waals surface area contributed by atoms with Crippen LogP contribution < -0.4 is 10.1 Å². The molecule has 1 aliphatic carbocycles. The first-order valence-electron chi connectivity index (χ1n) is 9.06. The molecule has 0 saturated heterocycles. The number of carbonyl (C=O) groups is 2. The van der Waals surface area contributed by atoms with Gasteiger partial charge in [-0.2, -0.15) is 0 Å². The Morgan fingerprint density at radius 3 is 2.59 bits per heavy atom. The van der Waals surface area contributed by atoms with Gasteiger partial charge in [0.15, 0.2) is 6.61 Å². The summed E-state index contributed by atoms with van der Waals surface area (Å²) in [5.41, 5.74) is 5.17. The number of amides is 1. The molecule has 2 aromatic carbocycles. The summed E-state index contributed by atoms with van der Waals surface area (Å²) in [7, 11) is 0. The SMILES string of the molecule is CCC1=C(CC(=O)NCc2ccccc2)c2c(cccc2OCC(=O)O)C1. The van der Waals surface area contributed by atoms with Gasteiger partial charge in [0.05, 0.1) is 6.42 Å². The maximum atomic E-state index is 12.5. The number of nitrogens with one attached hydrogen (secondary N) is 1. The van der Waals surface area contributed by atoms with Crippen LogP contribution in [0.15, 0.2) is 54.1 Å². The molecule has 0 saturated carbocycles. The maximum Gasteiger partial charge on any atom is 0.341 e. The molecule has 0 spiro atoms. The number of fused-ring (bicyclic) bond motifs is 1. The van der Waals surface area contributed by atoms with Crippen LogP contribution in [0.3, 0.4) is 0 Å². The van der Waals surface area contributed by atoms with Crippen molar-refractivity contribution in [3.8, 4) is 5.75 Å². The number of hydrogen-bond acceptors (Lipinski definition) is 3. The molecular formula is C22H23NO4. The highest BCUT2D eigenvalue weighted by molar-refractivity contribution is 5.93. The lowest BCUT2D eigenvalue weighted by Crippen LogP contribution is -2.22. The maximum absolute atomic E-state index is 12.5. The number of hydrogen-bond donors (Lipinski definition) is 2. The molecule has 5 heteroatoms. The van der Waals surface area contributed by atoms with E-state index in [1.807, 2.05) is 42.5 Å². The number of benzene rings is 2.